The molecule has 1 aromatic carbocycles. The quantitative estimate of drug-likeness (QED) is 0.703. The van der Waals surface area contributed by atoms with Crippen molar-refractivity contribution in [2.75, 3.05) is 31.3 Å². The van der Waals surface area contributed by atoms with E-state index >= 15 is 0 Å². The summed E-state index contributed by atoms with van der Waals surface area (Å²) in [6.07, 6.45) is 2.73. The number of anilines is 2. The van der Waals surface area contributed by atoms with Crippen LogP contribution in [0.3, 0.4) is 0 Å². The molecule has 0 unspecified atom stereocenters. The molecule has 0 bridgehead atoms. The molecule has 1 amide bonds. The van der Waals surface area contributed by atoms with Gasteiger partial charge in [-0.25, -0.2) is 4.98 Å². The fourth-order valence-corrected chi connectivity index (χ4v) is 4.17. The van der Waals surface area contributed by atoms with E-state index in [0.29, 0.717) is 0 Å². The van der Waals surface area contributed by atoms with Gasteiger partial charge >= 0.3 is 0 Å². The zero-order valence-corrected chi connectivity index (χ0v) is 16.1. The second kappa shape index (κ2) is 8.76. The van der Waals surface area contributed by atoms with Crippen LogP contribution in [0.2, 0.25) is 0 Å². The maximum atomic E-state index is 12.8. The number of hydrogen-bond acceptors (Lipinski definition) is 5. The van der Waals surface area contributed by atoms with Crippen LogP contribution < -0.4 is 4.90 Å². The summed E-state index contributed by atoms with van der Waals surface area (Å²) in [6, 6.07) is 11.9. The molecule has 0 radical (unpaired) electrons. The largest absolute Gasteiger partial charge is 0.309 e. The van der Waals surface area contributed by atoms with Crippen molar-refractivity contribution >= 4 is 52.7 Å². The van der Waals surface area contributed by atoms with Gasteiger partial charge in [0.25, 0.3) is 5.24 Å². The molecule has 1 aliphatic heterocycles. The average molecular weight is 382 g/mol. The monoisotopic (exact) mass is 381 g/mol. The first-order valence-corrected chi connectivity index (χ1v) is 9.30. The Hall–Kier alpha value is -1.21. The Morgan fingerprint density at radius 3 is 2.75 bits per heavy atom. The van der Waals surface area contributed by atoms with Crippen LogP contribution in [0.4, 0.5) is 16.3 Å². The minimum atomic E-state index is 0. The number of benzene rings is 1. The smallest absolute Gasteiger partial charge is 0.291 e. The number of rotatable bonds is 4. The number of aromatic nitrogens is 1. The second-order valence-corrected chi connectivity index (χ2v) is 7.63. The third kappa shape index (κ3) is 4.25. The SMILES string of the molecule is CN(C)CCCSC(=O)N1c2ccccc2Sc2cccnc21.Cl. The highest BCUT2D eigenvalue weighted by Gasteiger charge is 2.29. The summed E-state index contributed by atoms with van der Waals surface area (Å²) >= 11 is 3.03. The summed E-state index contributed by atoms with van der Waals surface area (Å²) in [4.78, 5) is 23.2. The van der Waals surface area contributed by atoms with Crippen LogP contribution in [0.25, 0.3) is 0 Å². The molecule has 0 saturated carbocycles. The van der Waals surface area contributed by atoms with Crippen molar-refractivity contribution in [3.05, 3.63) is 42.6 Å². The van der Waals surface area contributed by atoms with E-state index in [1.54, 1.807) is 22.9 Å². The standard InChI is InChI=1S/C17H19N3OS2.ClH/c1-19(2)11-6-12-22-17(21)20-13-7-3-4-8-14(13)23-15-9-5-10-18-16(15)20;/h3-5,7-10H,6,11-12H2,1-2H3;1H. The molecule has 2 heterocycles. The van der Waals surface area contributed by atoms with Crippen LogP contribution in [0, 0.1) is 0 Å². The Balaban J connectivity index is 0.00000208. The minimum Gasteiger partial charge on any atom is -0.309 e. The summed E-state index contributed by atoms with van der Waals surface area (Å²) in [6.45, 7) is 0.988. The molecule has 2 aromatic rings. The first kappa shape index (κ1) is 19.1. The van der Waals surface area contributed by atoms with Gasteiger partial charge in [0.15, 0.2) is 5.82 Å². The van der Waals surface area contributed by atoms with E-state index < -0.39 is 0 Å². The fourth-order valence-electron chi connectivity index (χ4n) is 2.38. The van der Waals surface area contributed by atoms with Gasteiger partial charge in [-0.3, -0.25) is 9.69 Å². The van der Waals surface area contributed by atoms with E-state index in [1.165, 1.54) is 11.8 Å². The van der Waals surface area contributed by atoms with E-state index in [-0.39, 0.29) is 17.6 Å². The molecule has 128 valence electrons. The molecule has 0 aliphatic carbocycles. The molecule has 0 spiro atoms. The number of thioether (sulfide) groups is 1. The van der Waals surface area contributed by atoms with Gasteiger partial charge in [0.1, 0.15) is 0 Å². The number of para-hydroxylation sites is 1. The first-order chi connectivity index (χ1) is 11.2. The van der Waals surface area contributed by atoms with Gasteiger partial charge in [-0.05, 0) is 51.3 Å². The lowest BCUT2D eigenvalue weighted by atomic mass is 10.3. The van der Waals surface area contributed by atoms with Crippen LogP contribution in [0.15, 0.2) is 52.4 Å². The van der Waals surface area contributed by atoms with Gasteiger partial charge in [-0.15, -0.1) is 12.4 Å². The van der Waals surface area contributed by atoms with Gasteiger partial charge in [-0.1, -0.05) is 35.7 Å². The Kier molecular flexibility index (Phi) is 6.98. The number of pyridine rings is 1. The molecule has 1 aliphatic rings. The Bertz CT molecular complexity index is 666. The average Bonchev–Trinajstić information content (AvgIpc) is 2.56. The van der Waals surface area contributed by atoms with Crippen molar-refractivity contribution in [3.63, 3.8) is 0 Å². The van der Waals surface area contributed by atoms with Crippen LogP contribution >= 0.6 is 35.9 Å². The van der Waals surface area contributed by atoms with E-state index in [2.05, 4.69) is 9.88 Å². The van der Waals surface area contributed by atoms with E-state index in [1.807, 2.05) is 50.5 Å². The number of amides is 1. The summed E-state index contributed by atoms with van der Waals surface area (Å²) < 4.78 is 0. The van der Waals surface area contributed by atoms with Crippen LogP contribution in [-0.4, -0.2) is 41.5 Å². The minimum absolute atomic E-state index is 0. The molecule has 0 saturated heterocycles. The van der Waals surface area contributed by atoms with Crippen molar-refractivity contribution in [1.29, 1.82) is 0 Å². The lowest BCUT2D eigenvalue weighted by molar-refractivity contribution is 0.266. The van der Waals surface area contributed by atoms with Gasteiger partial charge < -0.3 is 4.90 Å². The maximum Gasteiger partial charge on any atom is 0.291 e. The summed E-state index contributed by atoms with van der Waals surface area (Å²) in [5, 5.41) is 0.0384. The van der Waals surface area contributed by atoms with Crippen LogP contribution in [0.5, 0.6) is 0 Å². The first-order valence-electron chi connectivity index (χ1n) is 7.50. The maximum absolute atomic E-state index is 12.8. The van der Waals surface area contributed by atoms with Gasteiger partial charge in [0.05, 0.1) is 10.6 Å². The Labute approximate surface area is 157 Å². The van der Waals surface area contributed by atoms with Gasteiger partial charge in [0.2, 0.25) is 0 Å². The number of hydrogen-bond donors (Lipinski definition) is 0. The van der Waals surface area contributed by atoms with Crippen molar-refractivity contribution in [3.8, 4) is 0 Å². The van der Waals surface area contributed by atoms with Gasteiger partial charge in [-0.2, -0.15) is 0 Å². The lowest BCUT2D eigenvalue weighted by Gasteiger charge is -2.29. The van der Waals surface area contributed by atoms with Crippen molar-refractivity contribution < 1.29 is 4.79 Å². The van der Waals surface area contributed by atoms with Crippen molar-refractivity contribution in [2.24, 2.45) is 0 Å². The summed E-state index contributed by atoms with van der Waals surface area (Å²) in [5.41, 5.74) is 0.925. The van der Waals surface area contributed by atoms with E-state index in [9.17, 15) is 4.79 Å². The zero-order chi connectivity index (χ0) is 16.2. The third-order valence-electron chi connectivity index (χ3n) is 3.45. The zero-order valence-electron chi connectivity index (χ0n) is 13.6. The van der Waals surface area contributed by atoms with E-state index in [0.717, 1.165) is 40.0 Å². The van der Waals surface area contributed by atoms with Crippen molar-refractivity contribution in [1.82, 2.24) is 9.88 Å². The third-order valence-corrected chi connectivity index (χ3v) is 5.47. The molecular formula is C17H20ClN3OS2. The fraction of sp³-hybridized carbons (Fsp3) is 0.294. The Morgan fingerprint density at radius 1 is 1.21 bits per heavy atom. The molecule has 3 rings (SSSR count). The van der Waals surface area contributed by atoms with Crippen molar-refractivity contribution in [2.45, 2.75) is 16.2 Å². The predicted octanol–water partition coefficient (Wildman–Crippen LogP) is 4.91. The number of carbonyl (C=O) groups excluding carboxylic acids is 1. The second-order valence-electron chi connectivity index (χ2n) is 5.50. The molecule has 0 atom stereocenters. The molecule has 0 N–H and O–H groups in total. The van der Waals surface area contributed by atoms with Crippen LogP contribution in [0.1, 0.15) is 6.42 Å². The molecule has 1 aromatic heterocycles. The molecule has 0 fully saturated rings. The highest BCUT2D eigenvalue weighted by molar-refractivity contribution is 8.13. The number of nitrogens with zero attached hydrogens (tertiary/aromatic N) is 3. The predicted molar refractivity (Wildman–Crippen MR) is 105 cm³/mol. The van der Waals surface area contributed by atoms with E-state index in [4.69, 9.17) is 0 Å². The Morgan fingerprint density at radius 2 is 1.96 bits per heavy atom. The topological polar surface area (TPSA) is 36.4 Å². The number of carbonyl (C=O) groups is 1. The summed E-state index contributed by atoms with van der Waals surface area (Å²) in [7, 11) is 4.09. The number of halogens is 1. The molecular weight excluding hydrogens is 362 g/mol. The van der Waals surface area contributed by atoms with Gasteiger partial charge in [0, 0.05) is 16.8 Å². The highest BCUT2D eigenvalue weighted by atomic mass is 35.5. The molecule has 7 heteroatoms. The lowest BCUT2D eigenvalue weighted by Crippen LogP contribution is -2.26. The molecule has 24 heavy (non-hydrogen) atoms. The molecule has 4 nitrogen and oxygen atoms in total. The normalized spacial score (nSPS) is 12.4. The van der Waals surface area contributed by atoms with Crippen LogP contribution in [-0.2, 0) is 0 Å². The highest BCUT2D eigenvalue weighted by Crippen LogP contribution is 2.47. The number of fused-ring (bicyclic) bond motifs is 2. The summed E-state index contributed by atoms with van der Waals surface area (Å²) in [5.74, 6) is 1.55.